The van der Waals surface area contributed by atoms with Gasteiger partial charge < -0.3 is 0 Å². The van der Waals surface area contributed by atoms with E-state index in [1.807, 2.05) is 0 Å². The average Bonchev–Trinajstić information content (AvgIpc) is 2.26. The van der Waals surface area contributed by atoms with Gasteiger partial charge in [0.15, 0.2) is 0 Å². The standard InChI is InChI=1S/C14H28/c1-4-7-13(6-3)14-10-8-12(5-2)9-11-14/h12-14H,4-11H2,1-3H3. The summed E-state index contributed by atoms with van der Waals surface area (Å²) in [7, 11) is 0. The number of rotatable bonds is 5. The van der Waals surface area contributed by atoms with E-state index in [1.54, 1.807) is 0 Å². The summed E-state index contributed by atoms with van der Waals surface area (Å²) in [4.78, 5) is 0. The molecule has 1 fully saturated rings. The zero-order valence-corrected chi connectivity index (χ0v) is 10.4. The fraction of sp³-hybridized carbons (Fsp3) is 1.00. The summed E-state index contributed by atoms with van der Waals surface area (Å²) in [5.74, 6) is 3.17. The monoisotopic (exact) mass is 196 g/mol. The van der Waals surface area contributed by atoms with Crippen molar-refractivity contribution in [1.29, 1.82) is 0 Å². The second-order valence-electron chi connectivity index (χ2n) is 5.15. The second-order valence-corrected chi connectivity index (χ2v) is 5.15. The van der Waals surface area contributed by atoms with Crippen molar-refractivity contribution in [2.24, 2.45) is 17.8 Å². The van der Waals surface area contributed by atoms with Crippen LogP contribution < -0.4 is 0 Å². The lowest BCUT2D eigenvalue weighted by Gasteiger charge is -2.33. The Labute approximate surface area is 90.5 Å². The highest BCUT2D eigenvalue weighted by molar-refractivity contribution is 4.76. The van der Waals surface area contributed by atoms with Crippen molar-refractivity contribution < 1.29 is 0 Å². The van der Waals surface area contributed by atoms with Crippen LogP contribution in [0.5, 0.6) is 0 Å². The van der Waals surface area contributed by atoms with Gasteiger partial charge in [0.05, 0.1) is 0 Å². The zero-order chi connectivity index (χ0) is 10.4. The maximum atomic E-state index is 2.38. The molecule has 0 radical (unpaired) electrons. The Kier molecular flexibility index (Phi) is 5.59. The van der Waals surface area contributed by atoms with E-state index in [2.05, 4.69) is 20.8 Å². The van der Waals surface area contributed by atoms with E-state index in [4.69, 9.17) is 0 Å². The minimum absolute atomic E-state index is 1.04. The highest BCUT2D eigenvalue weighted by Crippen LogP contribution is 2.37. The SMILES string of the molecule is CCCC(CC)C1CCC(CC)CC1. The molecule has 0 amide bonds. The third-order valence-corrected chi connectivity index (χ3v) is 4.32. The molecule has 1 aliphatic carbocycles. The van der Waals surface area contributed by atoms with Gasteiger partial charge in [-0.15, -0.1) is 0 Å². The van der Waals surface area contributed by atoms with E-state index in [1.165, 1.54) is 51.4 Å². The first kappa shape index (κ1) is 12.1. The smallest absolute Gasteiger partial charge is 0.0386 e. The molecule has 0 N–H and O–H groups in total. The highest BCUT2D eigenvalue weighted by atomic mass is 14.3. The van der Waals surface area contributed by atoms with E-state index in [-0.39, 0.29) is 0 Å². The van der Waals surface area contributed by atoms with Crippen LogP contribution in [0.3, 0.4) is 0 Å². The van der Waals surface area contributed by atoms with Gasteiger partial charge in [-0.05, 0) is 30.6 Å². The van der Waals surface area contributed by atoms with Gasteiger partial charge in [0, 0.05) is 0 Å². The average molecular weight is 196 g/mol. The highest BCUT2D eigenvalue weighted by Gasteiger charge is 2.25. The molecular weight excluding hydrogens is 168 g/mol. The molecular formula is C14H28. The van der Waals surface area contributed by atoms with Gasteiger partial charge in [0.2, 0.25) is 0 Å². The predicted octanol–water partition coefficient (Wildman–Crippen LogP) is 5.03. The van der Waals surface area contributed by atoms with Gasteiger partial charge in [-0.1, -0.05) is 59.3 Å². The molecule has 0 saturated heterocycles. The number of hydrogen-bond acceptors (Lipinski definition) is 0. The molecule has 0 bridgehead atoms. The molecule has 14 heavy (non-hydrogen) atoms. The van der Waals surface area contributed by atoms with Gasteiger partial charge in [0.1, 0.15) is 0 Å². The minimum atomic E-state index is 1.04. The minimum Gasteiger partial charge on any atom is -0.0654 e. The van der Waals surface area contributed by atoms with E-state index in [9.17, 15) is 0 Å². The maximum Gasteiger partial charge on any atom is -0.0386 e. The summed E-state index contributed by atoms with van der Waals surface area (Å²) in [5.41, 5.74) is 0. The lowest BCUT2D eigenvalue weighted by Crippen LogP contribution is -2.21. The summed E-state index contributed by atoms with van der Waals surface area (Å²) in [6.45, 7) is 7.07. The summed E-state index contributed by atoms with van der Waals surface area (Å²) < 4.78 is 0. The van der Waals surface area contributed by atoms with E-state index in [0.29, 0.717) is 0 Å². The largest absolute Gasteiger partial charge is 0.0654 e. The molecule has 0 aromatic heterocycles. The maximum absolute atomic E-state index is 2.38. The van der Waals surface area contributed by atoms with Crippen LogP contribution in [0.4, 0.5) is 0 Å². The summed E-state index contributed by atoms with van der Waals surface area (Å²) in [6, 6.07) is 0. The Hall–Kier alpha value is 0. The van der Waals surface area contributed by atoms with Crippen molar-refractivity contribution in [2.75, 3.05) is 0 Å². The quantitative estimate of drug-likeness (QED) is 0.578. The molecule has 0 aromatic carbocycles. The topological polar surface area (TPSA) is 0 Å². The molecule has 1 unspecified atom stereocenters. The van der Waals surface area contributed by atoms with E-state index in [0.717, 1.165) is 17.8 Å². The Bertz CT molecular complexity index is 131. The summed E-state index contributed by atoms with van der Waals surface area (Å²) in [6.07, 6.45) is 11.8. The number of hydrogen-bond donors (Lipinski definition) is 0. The van der Waals surface area contributed by atoms with Crippen molar-refractivity contribution in [3.63, 3.8) is 0 Å². The third kappa shape index (κ3) is 3.29. The van der Waals surface area contributed by atoms with E-state index < -0.39 is 0 Å². The second kappa shape index (κ2) is 6.48. The Morgan fingerprint density at radius 1 is 1.00 bits per heavy atom. The Balaban J connectivity index is 2.31. The molecule has 0 aliphatic heterocycles. The molecule has 1 rings (SSSR count). The van der Waals surface area contributed by atoms with Crippen LogP contribution in [-0.2, 0) is 0 Å². The normalized spacial score (nSPS) is 30.2. The molecule has 0 spiro atoms. The van der Waals surface area contributed by atoms with Crippen LogP contribution >= 0.6 is 0 Å². The lowest BCUT2D eigenvalue weighted by molar-refractivity contribution is 0.188. The van der Waals surface area contributed by atoms with Crippen LogP contribution in [0.2, 0.25) is 0 Å². The van der Waals surface area contributed by atoms with Crippen molar-refractivity contribution in [2.45, 2.75) is 72.1 Å². The summed E-state index contributed by atoms with van der Waals surface area (Å²) >= 11 is 0. The molecule has 0 heterocycles. The first-order chi connectivity index (χ1) is 6.81. The fourth-order valence-corrected chi connectivity index (χ4v) is 3.21. The van der Waals surface area contributed by atoms with Crippen LogP contribution in [0.15, 0.2) is 0 Å². The molecule has 1 saturated carbocycles. The van der Waals surface area contributed by atoms with Gasteiger partial charge >= 0.3 is 0 Å². The lowest BCUT2D eigenvalue weighted by atomic mass is 9.73. The molecule has 0 heteroatoms. The molecule has 84 valence electrons. The zero-order valence-electron chi connectivity index (χ0n) is 10.4. The summed E-state index contributed by atoms with van der Waals surface area (Å²) in [5, 5.41) is 0. The van der Waals surface area contributed by atoms with Crippen LogP contribution in [-0.4, -0.2) is 0 Å². The molecule has 0 nitrogen and oxygen atoms in total. The van der Waals surface area contributed by atoms with Crippen LogP contribution in [0.1, 0.15) is 72.1 Å². The van der Waals surface area contributed by atoms with Gasteiger partial charge in [-0.2, -0.15) is 0 Å². The van der Waals surface area contributed by atoms with Crippen molar-refractivity contribution in [1.82, 2.24) is 0 Å². The predicted molar refractivity (Wildman–Crippen MR) is 64.4 cm³/mol. The van der Waals surface area contributed by atoms with Gasteiger partial charge in [-0.25, -0.2) is 0 Å². The van der Waals surface area contributed by atoms with Crippen LogP contribution in [0, 0.1) is 17.8 Å². The molecule has 1 aliphatic rings. The molecule has 1 atom stereocenters. The van der Waals surface area contributed by atoms with Crippen LogP contribution in [0.25, 0.3) is 0 Å². The van der Waals surface area contributed by atoms with Crippen molar-refractivity contribution in [3.8, 4) is 0 Å². The van der Waals surface area contributed by atoms with E-state index >= 15 is 0 Å². The Morgan fingerprint density at radius 2 is 1.64 bits per heavy atom. The van der Waals surface area contributed by atoms with Crippen molar-refractivity contribution >= 4 is 0 Å². The first-order valence-corrected chi connectivity index (χ1v) is 6.81. The first-order valence-electron chi connectivity index (χ1n) is 6.81. The van der Waals surface area contributed by atoms with Gasteiger partial charge in [0.25, 0.3) is 0 Å². The third-order valence-electron chi connectivity index (χ3n) is 4.32. The fourth-order valence-electron chi connectivity index (χ4n) is 3.21. The van der Waals surface area contributed by atoms with Gasteiger partial charge in [-0.3, -0.25) is 0 Å². The Morgan fingerprint density at radius 3 is 2.07 bits per heavy atom. The van der Waals surface area contributed by atoms with Crippen molar-refractivity contribution in [3.05, 3.63) is 0 Å². The molecule has 0 aromatic rings.